The molecule has 33 heavy (non-hydrogen) atoms. The Kier molecular flexibility index (Phi) is 6.80. The van der Waals surface area contributed by atoms with Crippen molar-refractivity contribution in [1.82, 2.24) is 0 Å². The van der Waals surface area contributed by atoms with Gasteiger partial charge in [-0.1, -0.05) is 17.7 Å². The maximum Gasteiger partial charge on any atom is 0.261 e. The molecule has 172 valence electrons. The lowest BCUT2D eigenvalue weighted by Crippen LogP contribution is -2.22. The highest BCUT2D eigenvalue weighted by atomic mass is 32.2. The van der Waals surface area contributed by atoms with Gasteiger partial charge in [0.05, 0.1) is 10.1 Å². The van der Waals surface area contributed by atoms with Gasteiger partial charge in [-0.05, 0) is 62.4 Å². The second kappa shape index (κ2) is 9.76. The number of ether oxygens (including phenoxy) is 2. The molecule has 0 spiro atoms. The van der Waals surface area contributed by atoms with E-state index in [9.17, 15) is 13.2 Å². The first-order valence-corrected chi connectivity index (χ1v) is 12.7. The summed E-state index contributed by atoms with van der Waals surface area (Å²) in [5.41, 5.74) is 2.08. The van der Waals surface area contributed by atoms with Crippen LogP contribution >= 0.6 is 11.8 Å². The van der Waals surface area contributed by atoms with Crippen molar-refractivity contribution in [3.8, 4) is 11.5 Å². The number of carbonyl (C=O) groups is 1. The van der Waals surface area contributed by atoms with Crippen LogP contribution in [0.4, 0.5) is 11.4 Å². The SMILES string of the molecule is Cc1ccc(S(=O)(=O)Nc2ccc(SC(C)C(=O)Nc3ccc4c(c3)OCCO4)cc2)cc1. The molecule has 1 aliphatic rings. The van der Waals surface area contributed by atoms with Gasteiger partial charge in [-0.3, -0.25) is 9.52 Å². The molecule has 1 heterocycles. The van der Waals surface area contributed by atoms with Crippen molar-refractivity contribution in [1.29, 1.82) is 0 Å². The Balaban J connectivity index is 1.35. The van der Waals surface area contributed by atoms with Crippen molar-refractivity contribution in [2.45, 2.75) is 28.9 Å². The van der Waals surface area contributed by atoms with E-state index in [1.54, 1.807) is 66.7 Å². The normalized spacial score (nSPS) is 13.8. The van der Waals surface area contributed by atoms with Crippen molar-refractivity contribution in [2.24, 2.45) is 0 Å². The Morgan fingerprint density at radius 1 is 0.909 bits per heavy atom. The van der Waals surface area contributed by atoms with Crippen LogP contribution in [0.2, 0.25) is 0 Å². The Hall–Kier alpha value is -3.17. The number of rotatable bonds is 7. The van der Waals surface area contributed by atoms with E-state index in [0.29, 0.717) is 36.1 Å². The average molecular weight is 485 g/mol. The standard InChI is InChI=1S/C24H24N2O5S2/c1-16-3-10-21(11-4-16)33(28,29)26-18-5-8-20(9-6-18)32-17(2)24(27)25-19-7-12-22-23(15-19)31-14-13-30-22/h3-12,15,17,26H,13-14H2,1-2H3,(H,25,27). The Morgan fingerprint density at radius 3 is 2.24 bits per heavy atom. The van der Waals surface area contributed by atoms with Crippen LogP contribution in [-0.2, 0) is 14.8 Å². The molecule has 0 saturated heterocycles. The van der Waals surface area contributed by atoms with Gasteiger partial charge in [-0.15, -0.1) is 11.8 Å². The number of hydrogen-bond acceptors (Lipinski definition) is 6. The molecule has 3 aromatic carbocycles. The second-order valence-electron chi connectivity index (χ2n) is 7.55. The first-order chi connectivity index (χ1) is 15.8. The summed E-state index contributed by atoms with van der Waals surface area (Å²) in [6.07, 6.45) is 0. The number of aryl methyl sites for hydroxylation is 1. The minimum absolute atomic E-state index is 0.152. The third kappa shape index (κ3) is 5.80. The van der Waals surface area contributed by atoms with Crippen molar-refractivity contribution in [3.63, 3.8) is 0 Å². The van der Waals surface area contributed by atoms with Gasteiger partial charge in [0.1, 0.15) is 13.2 Å². The van der Waals surface area contributed by atoms with E-state index in [-0.39, 0.29) is 16.1 Å². The first kappa shape index (κ1) is 23.0. The highest BCUT2D eigenvalue weighted by Crippen LogP contribution is 2.33. The molecule has 0 fully saturated rings. The van der Waals surface area contributed by atoms with Gasteiger partial charge in [0.2, 0.25) is 5.91 Å². The molecule has 4 rings (SSSR count). The second-order valence-corrected chi connectivity index (χ2v) is 10.6. The van der Waals surface area contributed by atoms with E-state index in [0.717, 1.165) is 10.5 Å². The number of fused-ring (bicyclic) bond motifs is 1. The van der Waals surface area contributed by atoms with Crippen LogP contribution in [0.25, 0.3) is 0 Å². The largest absolute Gasteiger partial charge is 0.486 e. The molecule has 2 N–H and O–H groups in total. The van der Waals surface area contributed by atoms with Gasteiger partial charge in [0, 0.05) is 22.3 Å². The lowest BCUT2D eigenvalue weighted by Gasteiger charge is -2.19. The van der Waals surface area contributed by atoms with Crippen LogP contribution in [0, 0.1) is 6.92 Å². The summed E-state index contributed by atoms with van der Waals surface area (Å²) in [7, 11) is -3.66. The predicted octanol–water partition coefficient (Wildman–Crippen LogP) is 4.69. The number of hydrogen-bond donors (Lipinski definition) is 2. The number of sulfonamides is 1. The van der Waals surface area contributed by atoms with Crippen molar-refractivity contribution < 1.29 is 22.7 Å². The van der Waals surface area contributed by atoms with Crippen molar-refractivity contribution >= 4 is 39.1 Å². The molecule has 3 aromatic rings. The fourth-order valence-corrected chi connectivity index (χ4v) is 5.08. The van der Waals surface area contributed by atoms with Gasteiger partial charge in [0.25, 0.3) is 10.0 Å². The van der Waals surface area contributed by atoms with E-state index in [1.165, 1.54) is 11.8 Å². The lowest BCUT2D eigenvalue weighted by atomic mass is 10.2. The van der Waals surface area contributed by atoms with Crippen LogP contribution in [0.1, 0.15) is 12.5 Å². The molecular weight excluding hydrogens is 460 g/mol. The molecule has 1 amide bonds. The summed E-state index contributed by atoms with van der Waals surface area (Å²) in [6.45, 7) is 4.70. The molecule has 0 bridgehead atoms. The van der Waals surface area contributed by atoms with Gasteiger partial charge < -0.3 is 14.8 Å². The van der Waals surface area contributed by atoms with Gasteiger partial charge in [0.15, 0.2) is 11.5 Å². The third-order valence-electron chi connectivity index (χ3n) is 4.93. The quantitative estimate of drug-likeness (QED) is 0.473. The lowest BCUT2D eigenvalue weighted by molar-refractivity contribution is -0.115. The monoisotopic (exact) mass is 484 g/mol. The summed E-state index contributed by atoms with van der Waals surface area (Å²) in [4.78, 5) is 13.7. The molecule has 0 aliphatic carbocycles. The number of anilines is 2. The summed E-state index contributed by atoms with van der Waals surface area (Å²) in [5.74, 6) is 1.13. The summed E-state index contributed by atoms with van der Waals surface area (Å²) in [6, 6.07) is 18.9. The number of carbonyl (C=O) groups excluding carboxylic acids is 1. The Morgan fingerprint density at radius 2 is 1.55 bits per heavy atom. The molecule has 0 saturated carbocycles. The van der Waals surface area contributed by atoms with Gasteiger partial charge >= 0.3 is 0 Å². The number of thioether (sulfide) groups is 1. The number of amides is 1. The Labute approximate surface area is 197 Å². The van der Waals surface area contributed by atoms with E-state index in [4.69, 9.17) is 9.47 Å². The maximum absolute atomic E-state index is 12.6. The predicted molar refractivity (Wildman–Crippen MR) is 130 cm³/mol. The van der Waals surface area contributed by atoms with E-state index in [2.05, 4.69) is 10.0 Å². The summed E-state index contributed by atoms with van der Waals surface area (Å²) < 4.78 is 38.7. The van der Waals surface area contributed by atoms with E-state index < -0.39 is 10.0 Å². The number of nitrogens with one attached hydrogen (secondary N) is 2. The molecule has 0 aromatic heterocycles. The molecule has 0 radical (unpaired) electrons. The summed E-state index contributed by atoms with van der Waals surface area (Å²) >= 11 is 1.38. The maximum atomic E-state index is 12.6. The zero-order chi connectivity index (χ0) is 23.4. The third-order valence-corrected chi connectivity index (χ3v) is 7.44. The van der Waals surface area contributed by atoms with E-state index in [1.807, 2.05) is 13.8 Å². The molecule has 1 aliphatic heterocycles. The van der Waals surface area contributed by atoms with E-state index >= 15 is 0 Å². The molecule has 1 atom stereocenters. The highest BCUT2D eigenvalue weighted by molar-refractivity contribution is 8.00. The fraction of sp³-hybridized carbons (Fsp3) is 0.208. The van der Waals surface area contributed by atoms with Gasteiger partial charge in [-0.2, -0.15) is 0 Å². The minimum atomic E-state index is -3.66. The minimum Gasteiger partial charge on any atom is -0.486 e. The van der Waals surface area contributed by atoms with Crippen LogP contribution < -0.4 is 19.5 Å². The zero-order valence-electron chi connectivity index (χ0n) is 18.2. The van der Waals surface area contributed by atoms with Crippen LogP contribution in [0.15, 0.2) is 76.5 Å². The first-order valence-electron chi connectivity index (χ1n) is 10.4. The van der Waals surface area contributed by atoms with Crippen molar-refractivity contribution in [2.75, 3.05) is 23.3 Å². The molecular formula is C24H24N2O5S2. The smallest absolute Gasteiger partial charge is 0.261 e. The van der Waals surface area contributed by atoms with Gasteiger partial charge in [-0.25, -0.2) is 8.42 Å². The molecule has 9 heteroatoms. The average Bonchev–Trinajstić information content (AvgIpc) is 2.80. The van der Waals surface area contributed by atoms with Crippen LogP contribution in [0.5, 0.6) is 11.5 Å². The number of benzene rings is 3. The molecule has 1 unspecified atom stereocenters. The molecule has 7 nitrogen and oxygen atoms in total. The fourth-order valence-electron chi connectivity index (χ4n) is 3.16. The topological polar surface area (TPSA) is 93.7 Å². The summed E-state index contributed by atoms with van der Waals surface area (Å²) in [5, 5.41) is 2.52. The zero-order valence-corrected chi connectivity index (χ0v) is 19.8. The van der Waals surface area contributed by atoms with Crippen molar-refractivity contribution in [3.05, 3.63) is 72.3 Å². The van der Waals surface area contributed by atoms with Crippen LogP contribution in [-0.4, -0.2) is 32.8 Å². The highest BCUT2D eigenvalue weighted by Gasteiger charge is 2.18. The Bertz CT molecular complexity index is 1240. The van der Waals surface area contributed by atoms with Crippen LogP contribution in [0.3, 0.4) is 0 Å².